The minimum Gasteiger partial charge on any atom is -0.438 e. The number of pyridine rings is 2. The van der Waals surface area contributed by atoms with Gasteiger partial charge in [-0.15, -0.1) is 0 Å². The van der Waals surface area contributed by atoms with Gasteiger partial charge in [0, 0.05) is 25.0 Å². The maximum absolute atomic E-state index is 6.10. The van der Waals surface area contributed by atoms with Gasteiger partial charge in [-0.25, -0.2) is 9.97 Å². The standard InChI is InChI=1S/C19H19N3O/c1-13-6-7-14(2)17(11-13)23-19-16(5-4-9-22-19)15-8-10-21-18(12-15)20-3/h4-12H,1-3H3,(H,20,21). The van der Waals surface area contributed by atoms with Crippen molar-refractivity contribution < 1.29 is 4.74 Å². The van der Waals surface area contributed by atoms with Crippen molar-refractivity contribution in [2.75, 3.05) is 12.4 Å². The molecule has 0 atom stereocenters. The van der Waals surface area contributed by atoms with Gasteiger partial charge in [0.1, 0.15) is 11.6 Å². The van der Waals surface area contributed by atoms with Gasteiger partial charge in [-0.1, -0.05) is 12.1 Å². The molecule has 0 unspecified atom stereocenters. The Hall–Kier alpha value is -2.88. The third kappa shape index (κ3) is 3.31. The van der Waals surface area contributed by atoms with Crippen molar-refractivity contribution in [3.8, 4) is 22.8 Å². The summed E-state index contributed by atoms with van der Waals surface area (Å²) in [6.45, 7) is 4.08. The van der Waals surface area contributed by atoms with E-state index >= 15 is 0 Å². The number of rotatable bonds is 4. The van der Waals surface area contributed by atoms with Crippen LogP contribution in [0.1, 0.15) is 11.1 Å². The summed E-state index contributed by atoms with van der Waals surface area (Å²) in [4.78, 5) is 8.66. The molecule has 4 nitrogen and oxygen atoms in total. The van der Waals surface area contributed by atoms with E-state index < -0.39 is 0 Å². The van der Waals surface area contributed by atoms with E-state index in [0.717, 1.165) is 33.8 Å². The molecule has 0 aliphatic carbocycles. The van der Waals surface area contributed by atoms with Crippen LogP contribution in [-0.4, -0.2) is 17.0 Å². The molecule has 3 rings (SSSR count). The Morgan fingerprint density at radius 1 is 0.957 bits per heavy atom. The average molecular weight is 305 g/mol. The summed E-state index contributed by atoms with van der Waals surface area (Å²) in [5.74, 6) is 2.23. The number of benzene rings is 1. The van der Waals surface area contributed by atoms with Crippen LogP contribution in [0, 0.1) is 13.8 Å². The van der Waals surface area contributed by atoms with Crippen molar-refractivity contribution in [1.82, 2.24) is 9.97 Å². The Kier molecular flexibility index (Phi) is 4.24. The molecule has 2 heterocycles. The van der Waals surface area contributed by atoms with E-state index in [9.17, 15) is 0 Å². The monoisotopic (exact) mass is 305 g/mol. The molecular formula is C19H19N3O. The van der Waals surface area contributed by atoms with Crippen LogP contribution in [0.3, 0.4) is 0 Å². The maximum atomic E-state index is 6.10. The predicted octanol–water partition coefficient (Wildman–Crippen LogP) is 4.59. The third-order valence-corrected chi connectivity index (χ3v) is 3.65. The largest absolute Gasteiger partial charge is 0.438 e. The predicted molar refractivity (Wildman–Crippen MR) is 93.0 cm³/mol. The van der Waals surface area contributed by atoms with Crippen molar-refractivity contribution in [2.24, 2.45) is 0 Å². The second-order valence-electron chi connectivity index (χ2n) is 5.41. The number of anilines is 1. The quantitative estimate of drug-likeness (QED) is 0.765. The molecule has 0 bridgehead atoms. The van der Waals surface area contributed by atoms with Gasteiger partial charge in [-0.05, 0) is 60.9 Å². The topological polar surface area (TPSA) is 47.0 Å². The lowest BCUT2D eigenvalue weighted by Crippen LogP contribution is -1.95. The van der Waals surface area contributed by atoms with Crippen LogP contribution >= 0.6 is 0 Å². The summed E-state index contributed by atoms with van der Waals surface area (Å²) in [7, 11) is 1.85. The first-order valence-corrected chi connectivity index (χ1v) is 7.51. The average Bonchev–Trinajstić information content (AvgIpc) is 2.59. The third-order valence-electron chi connectivity index (χ3n) is 3.65. The zero-order chi connectivity index (χ0) is 16.2. The normalized spacial score (nSPS) is 10.4. The first-order chi connectivity index (χ1) is 11.2. The van der Waals surface area contributed by atoms with Gasteiger partial charge >= 0.3 is 0 Å². The lowest BCUT2D eigenvalue weighted by Gasteiger charge is -2.13. The second-order valence-corrected chi connectivity index (χ2v) is 5.41. The van der Waals surface area contributed by atoms with E-state index in [0.29, 0.717) is 5.88 Å². The van der Waals surface area contributed by atoms with Crippen LogP contribution in [0.4, 0.5) is 5.82 Å². The molecule has 1 N–H and O–H groups in total. The van der Waals surface area contributed by atoms with Gasteiger partial charge in [-0.3, -0.25) is 0 Å². The number of aromatic nitrogens is 2. The lowest BCUT2D eigenvalue weighted by atomic mass is 10.1. The minimum absolute atomic E-state index is 0.592. The van der Waals surface area contributed by atoms with Crippen LogP contribution < -0.4 is 10.1 Å². The van der Waals surface area contributed by atoms with Crippen molar-refractivity contribution in [2.45, 2.75) is 13.8 Å². The van der Waals surface area contributed by atoms with Crippen LogP contribution in [0.5, 0.6) is 11.6 Å². The fraction of sp³-hybridized carbons (Fsp3) is 0.158. The molecule has 4 heteroatoms. The van der Waals surface area contributed by atoms with Crippen LogP contribution in [0.25, 0.3) is 11.1 Å². The Bertz CT molecular complexity index is 830. The molecule has 23 heavy (non-hydrogen) atoms. The fourth-order valence-corrected chi connectivity index (χ4v) is 2.35. The van der Waals surface area contributed by atoms with E-state index in [1.807, 2.05) is 51.2 Å². The van der Waals surface area contributed by atoms with E-state index in [1.165, 1.54) is 0 Å². The zero-order valence-corrected chi connectivity index (χ0v) is 13.5. The number of nitrogens with zero attached hydrogens (tertiary/aromatic N) is 2. The summed E-state index contributed by atoms with van der Waals surface area (Å²) in [6, 6.07) is 14.0. The van der Waals surface area contributed by atoms with Crippen molar-refractivity contribution in [1.29, 1.82) is 0 Å². The molecule has 0 amide bonds. The van der Waals surface area contributed by atoms with E-state index in [4.69, 9.17) is 4.74 Å². The molecule has 0 saturated heterocycles. The van der Waals surface area contributed by atoms with E-state index in [1.54, 1.807) is 12.4 Å². The second kappa shape index (κ2) is 6.48. The zero-order valence-electron chi connectivity index (χ0n) is 13.5. The van der Waals surface area contributed by atoms with Gasteiger partial charge in [-0.2, -0.15) is 0 Å². The highest BCUT2D eigenvalue weighted by atomic mass is 16.5. The fourth-order valence-electron chi connectivity index (χ4n) is 2.35. The van der Waals surface area contributed by atoms with Gasteiger partial charge in [0.15, 0.2) is 0 Å². The summed E-state index contributed by atoms with van der Waals surface area (Å²) in [6.07, 6.45) is 3.51. The van der Waals surface area contributed by atoms with Gasteiger partial charge in [0.25, 0.3) is 0 Å². The summed E-state index contributed by atoms with van der Waals surface area (Å²) in [5, 5.41) is 3.05. The smallest absolute Gasteiger partial charge is 0.227 e. The highest BCUT2D eigenvalue weighted by Crippen LogP contribution is 2.33. The van der Waals surface area contributed by atoms with Gasteiger partial charge in [0.05, 0.1) is 0 Å². The van der Waals surface area contributed by atoms with Gasteiger partial charge < -0.3 is 10.1 Å². The number of hydrogen-bond donors (Lipinski definition) is 1. The highest BCUT2D eigenvalue weighted by Gasteiger charge is 2.11. The molecule has 0 aliphatic heterocycles. The van der Waals surface area contributed by atoms with E-state index in [2.05, 4.69) is 27.4 Å². The SMILES string of the molecule is CNc1cc(-c2cccnc2Oc2cc(C)ccc2C)ccn1. The lowest BCUT2D eigenvalue weighted by molar-refractivity contribution is 0.461. The number of nitrogens with one attached hydrogen (secondary N) is 1. The number of hydrogen-bond acceptors (Lipinski definition) is 4. The molecule has 1 aromatic carbocycles. The van der Waals surface area contributed by atoms with Gasteiger partial charge in [0.2, 0.25) is 5.88 Å². The molecule has 3 aromatic rings. The Morgan fingerprint density at radius 2 is 1.83 bits per heavy atom. The molecule has 2 aromatic heterocycles. The molecule has 0 spiro atoms. The summed E-state index contributed by atoms with van der Waals surface area (Å²) < 4.78 is 6.10. The van der Waals surface area contributed by atoms with Crippen molar-refractivity contribution >= 4 is 5.82 Å². The molecule has 0 aliphatic rings. The minimum atomic E-state index is 0.592. The maximum Gasteiger partial charge on any atom is 0.227 e. The van der Waals surface area contributed by atoms with Crippen LogP contribution in [-0.2, 0) is 0 Å². The van der Waals surface area contributed by atoms with Crippen molar-refractivity contribution in [3.05, 3.63) is 66.0 Å². The molecule has 0 fully saturated rings. The number of ether oxygens (including phenoxy) is 1. The first kappa shape index (κ1) is 15.0. The Balaban J connectivity index is 2.02. The first-order valence-electron chi connectivity index (χ1n) is 7.51. The summed E-state index contributed by atoms with van der Waals surface area (Å²) >= 11 is 0. The molecular weight excluding hydrogens is 286 g/mol. The Labute approximate surface area is 136 Å². The Morgan fingerprint density at radius 3 is 2.65 bits per heavy atom. The van der Waals surface area contributed by atoms with Crippen LogP contribution in [0.15, 0.2) is 54.9 Å². The van der Waals surface area contributed by atoms with E-state index in [-0.39, 0.29) is 0 Å². The van der Waals surface area contributed by atoms with Crippen molar-refractivity contribution in [3.63, 3.8) is 0 Å². The molecule has 0 radical (unpaired) electrons. The summed E-state index contributed by atoms with van der Waals surface area (Å²) in [5.41, 5.74) is 4.19. The molecule has 0 saturated carbocycles. The highest BCUT2D eigenvalue weighted by molar-refractivity contribution is 5.71. The van der Waals surface area contributed by atoms with Crippen LogP contribution in [0.2, 0.25) is 0 Å². The number of aryl methyl sites for hydroxylation is 2. The molecule has 116 valence electrons.